The van der Waals surface area contributed by atoms with E-state index in [4.69, 9.17) is 11.6 Å². The molecule has 1 heterocycles. The third-order valence-corrected chi connectivity index (χ3v) is 3.65. The maximum atomic E-state index is 13.7. The molecule has 2 aromatic carbocycles. The van der Waals surface area contributed by atoms with Crippen LogP contribution in [-0.2, 0) is 6.18 Å². The van der Waals surface area contributed by atoms with Crippen LogP contribution in [-0.4, -0.2) is 9.97 Å². The highest BCUT2D eigenvalue weighted by molar-refractivity contribution is 6.31. The van der Waals surface area contributed by atoms with E-state index >= 15 is 0 Å². The summed E-state index contributed by atoms with van der Waals surface area (Å²) in [5.74, 6) is -0.165. The Morgan fingerprint density at radius 3 is 2.46 bits per heavy atom. The van der Waals surface area contributed by atoms with Gasteiger partial charge in [0.2, 0.25) is 5.95 Å². The summed E-state index contributed by atoms with van der Waals surface area (Å²) in [6.45, 7) is 0. The first-order valence-electron chi connectivity index (χ1n) is 7.31. The molecule has 3 rings (SSSR count). The molecule has 0 spiro atoms. The summed E-state index contributed by atoms with van der Waals surface area (Å²) >= 11 is 5.60. The third-order valence-electron chi connectivity index (χ3n) is 3.32. The van der Waals surface area contributed by atoms with E-state index in [2.05, 4.69) is 20.6 Å². The molecule has 9 heteroatoms. The summed E-state index contributed by atoms with van der Waals surface area (Å²) in [6, 6.07) is 10.8. The van der Waals surface area contributed by atoms with Gasteiger partial charge < -0.3 is 10.6 Å². The lowest BCUT2D eigenvalue weighted by atomic mass is 10.2. The molecule has 0 saturated carbocycles. The smallest absolute Gasteiger partial charge is 0.340 e. The van der Waals surface area contributed by atoms with Crippen LogP contribution in [0.1, 0.15) is 5.56 Å². The summed E-state index contributed by atoms with van der Waals surface area (Å²) in [5.41, 5.74) is -0.629. The minimum atomic E-state index is -4.57. The van der Waals surface area contributed by atoms with Crippen molar-refractivity contribution in [3.8, 4) is 0 Å². The predicted octanol–water partition coefficient (Wildman–Crippen LogP) is 5.78. The monoisotopic (exact) mass is 382 g/mol. The molecule has 0 radical (unpaired) electrons. The van der Waals surface area contributed by atoms with Crippen LogP contribution in [0.3, 0.4) is 0 Å². The number of halogens is 5. The van der Waals surface area contributed by atoms with Crippen molar-refractivity contribution in [2.75, 3.05) is 10.6 Å². The Labute approximate surface area is 150 Å². The van der Waals surface area contributed by atoms with Gasteiger partial charge in [-0.1, -0.05) is 23.7 Å². The maximum Gasteiger partial charge on any atom is 0.417 e. The van der Waals surface area contributed by atoms with Crippen LogP contribution in [0.4, 0.5) is 40.7 Å². The van der Waals surface area contributed by atoms with Crippen molar-refractivity contribution in [1.29, 1.82) is 0 Å². The molecule has 2 N–H and O–H groups in total. The number of anilines is 4. The minimum absolute atomic E-state index is 0.0881. The van der Waals surface area contributed by atoms with E-state index in [0.717, 1.165) is 12.1 Å². The van der Waals surface area contributed by atoms with Crippen molar-refractivity contribution in [2.45, 2.75) is 6.18 Å². The molecule has 0 bridgehead atoms. The van der Waals surface area contributed by atoms with Crippen molar-refractivity contribution in [1.82, 2.24) is 9.97 Å². The van der Waals surface area contributed by atoms with Crippen LogP contribution in [0.5, 0.6) is 0 Å². The van der Waals surface area contributed by atoms with E-state index in [1.165, 1.54) is 36.5 Å². The zero-order valence-electron chi connectivity index (χ0n) is 13.0. The highest BCUT2D eigenvalue weighted by Crippen LogP contribution is 2.36. The summed E-state index contributed by atoms with van der Waals surface area (Å²) < 4.78 is 52.4. The van der Waals surface area contributed by atoms with Crippen molar-refractivity contribution >= 4 is 34.7 Å². The Bertz CT molecular complexity index is 931. The van der Waals surface area contributed by atoms with Crippen LogP contribution in [0.2, 0.25) is 5.02 Å². The molecule has 134 valence electrons. The van der Waals surface area contributed by atoms with Gasteiger partial charge in [0.25, 0.3) is 0 Å². The predicted molar refractivity (Wildman–Crippen MR) is 91.5 cm³/mol. The highest BCUT2D eigenvalue weighted by atomic mass is 35.5. The van der Waals surface area contributed by atoms with Crippen LogP contribution in [0.25, 0.3) is 0 Å². The Morgan fingerprint density at radius 2 is 1.73 bits per heavy atom. The Hall–Kier alpha value is -2.87. The molecule has 0 aliphatic heterocycles. The van der Waals surface area contributed by atoms with E-state index < -0.39 is 22.6 Å². The van der Waals surface area contributed by atoms with Gasteiger partial charge in [-0.3, -0.25) is 0 Å². The number of benzene rings is 2. The van der Waals surface area contributed by atoms with E-state index in [1.54, 1.807) is 6.07 Å². The quantitative estimate of drug-likeness (QED) is 0.562. The van der Waals surface area contributed by atoms with E-state index in [0.29, 0.717) is 0 Å². The average molecular weight is 383 g/mol. The van der Waals surface area contributed by atoms with Gasteiger partial charge in [-0.15, -0.1) is 0 Å². The first-order valence-corrected chi connectivity index (χ1v) is 7.69. The molecule has 0 aliphatic carbocycles. The standard InChI is InChI=1S/C17H11ClF4N4/c18-12-6-5-10(9-11(12)17(20,21)22)24-15-7-8-23-16(26-15)25-14-4-2-1-3-13(14)19/h1-9H,(H2,23,24,25,26). The normalized spacial score (nSPS) is 11.3. The molecule has 0 fully saturated rings. The van der Waals surface area contributed by atoms with Gasteiger partial charge >= 0.3 is 6.18 Å². The van der Waals surface area contributed by atoms with Gasteiger partial charge in [-0.05, 0) is 36.4 Å². The Kier molecular flexibility index (Phi) is 4.94. The zero-order valence-corrected chi connectivity index (χ0v) is 13.7. The zero-order chi connectivity index (χ0) is 18.7. The summed E-state index contributed by atoms with van der Waals surface area (Å²) in [5, 5.41) is 5.05. The number of rotatable bonds is 4. The number of alkyl halides is 3. The topological polar surface area (TPSA) is 49.8 Å². The highest BCUT2D eigenvalue weighted by Gasteiger charge is 2.33. The maximum absolute atomic E-state index is 13.7. The van der Waals surface area contributed by atoms with Gasteiger partial charge in [0, 0.05) is 11.9 Å². The van der Waals surface area contributed by atoms with Crippen molar-refractivity contribution in [2.24, 2.45) is 0 Å². The van der Waals surface area contributed by atoms with E-state index in [9.17, 15) is 17.6 Å². The third kappa shape index (κ3) is 4.20. The molecule has 1 aromatic heterocycles. The molecule has 0 saturated heterocycles. The first-order chi connectivity index (χ1) is 12.3. The van der Waals surface area contributed by atoms with Crippen LogP contribution < -0.4 is 10.6 Å². The fourth-order valence-electron chi connectivity index (χ4n) is 2.14. The van der Waals surface area contributed by atoms with Gasteiger partial charge in [0.1, 0.15) is 11.6 Å². The first kappa shape index (κ1) is 17.9. The lowest BCUT2D eigenvalue weighted by Crippen LogP contribution is -2.07. The number of aromatic nitrogens is 2. The lowest BCUT2D eigenvalue weighted by molar-refractivity contribution is -0.137. The molecular weight excluding hydrogens is 372 g/mol. The fourth-order valence-corrected chi connectivity index (χ4v) is 2.36. The molecule has 0 atom stereocenters. The number of para-hydroxylation sites is 1. The fraction of sp³-hybridized carbons (Fsp3) is 0.0588. The second-order valence-corrected chi connectivity index (χ2v) is 5.59. The van der Waals surface area contributed by atoms with Crippen molar-refractivity contribution in [3.05, 3.63) is 71.1 Å². The number of hydrogen-bond donors (Lipinski definition) is 2. The number of nitrogens with zero attached hydrogens (tertiary/aromatic N) is 2. The second kappa shape index (κ2) is 7.17. The average Bonchev–Trinajstić information content (AvgIpc) is 2.58. The molecule has 4 nitrogen and oxygen atoms in total. The molecule has 0 amide bonds. The molecule has 0 unspecified atom stereocenters. The largest absolute Gasteiger partial charge is 0.417 e. The van der Waals surface area contributed by atoms with Crippen LogP contribution in [0.15, 0.2) is 54.7 Å². The van der Waals surface area contributed by atoms with Gasteiger partial charge in [0.05, 0.1) is 16.3 Å². The van der Waals surface area contributed by atoms with Gasteiger partial charge in [0.15, 0.2) is 0 Å². The Morgan fingerprint density at radius 1 is 0.962 bits per heavy atom. The van der Waals surface area contributed by atoms with Crippen LogP contribution >= 0.6 is 11.6 Å². The Balaban J connectivity index is 1.82. The second-order valence-electron chi connectivity index (χ2n) is 5.19. The summed E-state index contributed by atoms with van der Waals surface area (Å²) in [4.78, 5) is 8.06. The summed E-state index contributed by atoms with van der Waals surface area (Å²) in [7, 11) is 0. The lowest BCUT2D eigenvalue weighted by Gasteiger charge is -2.12. The van der Waals surface area contributed by atoms with Gasteiger partial charge in [-0.25, -0.2) is 9.37 Å². The van der Waals surface area contributed by atoms with Crippen molar-refractivity contribution < 1.29 is 17.6 Å². The van der Waals surface area contributed by atoms with E-state index in [1.807, 2.05) is 0 Å². The minimum Gasteiger partial charge on any atom is -0.340 e. The van der Waals surface area contributed by atoms with Crippen molar-refractivity contribution in [3.63, 3.8) is 0 Å². The van der Waals surface area contributed by atoms with Gasteiger partial charge in [-0.2, -0.15) is 18.2 Å². The molecular formula is C17H11ClF4N4. The van der Waals surface area contributed by atoms with Crippen LogP contribution in [0, 0.1) is 5.82 Å². The number of nitrogens with one attached hydrogen (secondary N) is 2. The summed E-state index contributed by atoms with van der Waals surface area (Å²) in [6.07, 6.45) is -3.18. The van der Waals surface area contributed by atoms with E-state index in [-0.39, 0.29) is 23.1 Å². The molecule has 0 aliphatic rings. The SMILES string of the molecule is Fc1ccccc1Nc1nccc(Nc2ccc(Cl)c(C(F)(F)F)c2)n1. The number of hydrogen-bond acceptors (Lipinski definition) is 4. The molecule has 26 heavy (non-hydrogen) atoms. The molecule has 3 aromatic rings.